The molecule has 0 aliphatic rings. The second-order valence-electron chi connectivity index (χ2n) is 6.61. The van der Waals surface area contributed by atoms with E-state index in [1.54, 1.807) is 0 Å². The summed E-state index contributed by atoms with van der Waals surface area (Å²) in [6.45, 7) is 18.7. The van der Waals surface area contributed by atoms with E-state index in [1.165, 1.54) is 5.56 Å². The minimum atomic E-state index is 0.450. The minimum Gasteiger partial charge on any atom is -0.106 e. The van der Waals surface area contributed by atoms with Gasteiger partial charge in [0.05, 0.1) is 0 Å². The van der Waals surface area contributed by atoms with Crippen molar-refractivity contribution in [2.24, 2.45) is 17.8 Å². The van der Waals surface area contributed by atoms with Gasteiger partial charge in [-0.25, -0.2) is 0 Å². The lowest BCUT2D eigenvalue weighted by atomic mass is 10.1. The first kappa shape index (κ1) is 24.3. The van der Waals surface area contributed by atoms with Crippen LogP contribution in [0.1, 0.15) is 66.5 Å². The van der Waals surface area contributed by atoms with Crippen LogP contribution in [0, 0.1) is 48.4 Å². The predicted molar refractivity (Wildman–Crippen MR) is 111 cm³/mol. The second kappa shape index (κ2) is 16.0. The van der Waals surface area contributed by atoms with Gasteiger partial charge < -0.3 is 0 Å². The van der Waals surface area contributed by atoms with Crippen LogP contribution in [-0.4, -0.2) is 0 Å². The summed E-state index contributed by atoms with van der Waals surface area (Å²) in [7, 11) is 0. The molecule has 0 amide bonds. The van der Waals surface area contributed by atoms with Crippen LogP contribution in [0.5, 0.6) is 0 Å². The van der Waals surface area contributed by atoms with Gasteiger partial charge >= 0.3 is 0 Å². The molecule has 24 heavy (non-hydrogen) atoms. The largest absolute Gasteiger partial charge is 0.106 e. The Morgan fingerprint density at radius 3 is 1.58 bits per heavy atom. The topological polar surface area (TPSA) is 0 Å². The van der Waals surface area contributed by atoms with Gasteiger partial charge in [-0.3, -0.25) is 0 Å². The highest BCUT2D eigenvalue weighted by molar-refractivity contribution is 5.35. The van der Waals surface area contributed by atoms with Gasteiger partial charge in [-0.1, -0.05) is 83.2 Å². The molecular weight excluding hydrogens is 288 g/mol. The number of allylic oxidation sites excluding steroid dienone is 2. The molecule has 0 aliphatic heterocycles. The summed E-state index contributed by atoms with van der Waals surface area (Å²) in [5.74, 6) is 13.7. The third-order valence-corrected chi connectivity index (χ3v) is 2.57. The molecule has 0 nitrogen and oxygen atoms in total. The van der Waals surface area contributed by atoms with Crippen LogP contribution in [0.4, 0.5) is 0 Å². The van der Waals surface area contributed by atoms with Crippen molar-refractivity contribution in [3.05, 3.63) is 47.5 Å². The van der Waals surface area contributed by atoms with Crippen molar-refractivity contribution >= 4 is 0 Å². The highest BCUT2D eigenvalue weighted by Crippen LogP contribution is 2.01. The molecule has 0 aromatic heterocycles. The van der Waals surface area contributed by atoms with Gasteiger partial charge in [0.15, 0.2) is 0 Å². The third-order valence-electron chi connectivity index (χ3n) is 2.57. The van der Waals surface area contributed by atoms with E-state index in [0.717, 1.165) is 11.5 Å². The van der Waals surface area contributed by atoms with Gasteiger partial charge in [0.2, 0.25) is 0 Å². The molecule has 0 heteroatoms. The van der Waals surface area contributed by atoms with Crippen LogP contribution in [0.25, 0.3) is 0 Å². The number of aryl methyl sites for hydroxylation is 1. The zero-order chi connectivity index (χ0) is 19.0. The van der Waals surface area contributed by atoms with E-state index in [-0.39, 0.29) is 0 Å². The number of benzene rings is 1. The lowest BCUT2D eigenvalue weighted by Crippen LogP contribution is -1.79. The molecule has 1 aromatic carbocycles. The van der Waals surface area contributed by atoms with Crippen molar-refractivity contribution < 1.29 is 0 Å². The Bertz CT molecular complexity index is 546. The molecule has 0 bridgehead atoms. The molecular formula is C24H36. The average molecular weight is 325 g/mol. The molecule has 0 fully saturated rings. The SMILES string of the molecule is C/C=C/C(C)C.CC#CC(C)C.Cc1ccc(C#CC(C)C)cc1. The average Bonchev–Trinajstić information content (AvgIpc) is 2.47. The zero-order valence-corrected chi connectivity index (χ0v) is 17.2. The molecule has 1 rings (SSSR count). The smallest absolute Gasteiger partial charge is 0.0245 e. The number of rotatable bonds is 1. The maximum atomic E-state index is 3.13. The van der Waals surface area contributed by atoms with Gasteiger partial charge in [-0.2, -0.15) is 0 Å². The van der Waals surface area contributed by atoms with E-state index in [4.69, 9.17) is 0 Å². The van der Waals surface area contributed by atoms with Gasteiger partial charge in [0.1, 0.15) is 0 Å². The van der Waals surface area contributed by atoms with Crippen LogP contribution < -0.4 is 0 Å². The zero-order valence-electron chi connectivity index (χ0n) is 17.2. The number of hydrogen-bond acceptors (Lipinski definition) is 0. The maximum Gasteiger partial charge on any atom is 0.0245 e. The molecule has 0 spiro atoms. The quantitative estimate of drug-likeness (QED) is 0.390. The summed E-state index contributed by atoms with van der Waals surface area (Å²) in [5.41, 5.74) is 2.39. The van der Waals surface area contributed by atoms with E-state index >= 15 is 0 Å². The third kappa shape index (κ3) is 20.1. The molecule has 0 saturated carbocycles. The fourth-order valence-electron chi connectivity index (χ4n) is 1.54. The van der Waals surface area contributed by atoms with E-state index in [2.05, 4.69) is 109 Å². The summed E-state index contributed by atoms with van der Waals surface area (Å²) in [6.07, 6.45) is 4.24. The molecule has 0 atom stereocenters. The molecule has 0 saturated heterocycles. The standard InChI is InChI=1S/C12H14.C6H12.C6H10/c1-10(2)4-7-12-8-5-11(3)6-9-12;2*1-4-5-6(2)3/h5-6,8-10H,1-3H3;4-6H,1-3H3;6H,1-3H3/b;5-4+;. The Morgan fingerprint density at radius 2 is 1.33 bits per heavy atom. The van der Waals surface area contributed by atoms with Crippen molar-refractivity contribution in [3.8, 4) is 23.7 Å². The van der Waals surface area contributed by atoms with Crippen molar-refractivity contribution in [2.45, 2.75) is 62.3 Å². The highest BCUT2D eigenvalue weighted by atomic mass is 13.9. The summed E-state index contributed by atoms with van der Waals surface area (Å²) in [5, 5.41) is 0. The maximum absolute atomic E-state index is 3.13. The van der Waals surface area contributed by atoms with Crippen LogP contribution in [0.15, 0.2) is 36.4 Å². The highest BCUT2D eigenvalue weighted by Gasteiger charge is 1.86. The Morgan fingerprint density at radius 1 is 0.833 bits per heavy atom. The molecule has 0 heterocycles. The van der Waals surface area contributed by atoms with Crippen molar-refractivity contribution in [1.82, 2.24) is 0 Å². The first-order valence-electron chi connectivity index (χ1n) is 8.86. The lowest BCUT2D eigenvalue weighted by molar-refractivity contribution is 0.830. The Labute approximate surface area is 151 Å². The first-order valence-corrected chi connectivity index (χ1v) is 8.86. The second-order valence-corrected chi connectivity index (χ2v) is 6.61. The molecule has 0 aliphatic carbocycles. The normalized spacial score (nSPS) is 9.33. The van der Waals surface area contributed by atoms with Gasteiger partial charge in [0, 0.05) is 17.4 Å². The fraction of sp³-hybridized carbons (Fsp3) is 0.500. The molecule has 1 aromatic rings. The van der Waals surface area contributed by atoms with Crippen LogP contribution >= 0.6 is 0 Å². The Balaban J connectivity index is 0. The minimum absolute atomic E-state index is 0.450. The monoisotopic (exact) mass is 324 g/mol. The predicted octanol–water partition coefficient (Wildman–Crippen LogP) is 6.89. The van der Waals surface area contributed by atoms with E-state index in [1.807, 2.05) is 13.8 Å². The van der Waals surface area contributed by atoms with Crippen LogP contribution in [0.2, 0.25) is 0 Å². The Kier molecular flexibility index (Phi) is 16.2. The summed E-state index contributed by atoms with van der Waals surface area (Å²) in [4.78, 5) is 0. The Hall–Kier alpha value is -1.92. The molecule has 0 unspecified atom stereocenters. The molecule has 0 N–H and O–H groups in total. The summed E-state index contributed by atoms with van der Waals surface area (Å²) >= 11 is 0. The van der Waals surface area contributed by atoms with Crippen molar-refractivity contribution in [3.63, 3.8) is 0 Å². The van der Waals surface area contributed by atoms with Gasteiger partial charge in [-0.05, 0) is 38.8 Å². The first-order chi connectivity index (χ1) is 11.2. The van der Waals surface area contributed by atoms with Crippen molar-refractivity contribution in [1.29, 1.82) is 0 Å². The molecule has 132 valence electrons. The summed E-state index contributed by atoms with van der Waals surface area (Å²) in [6, 6.07) is 8.30. The summed E-state index contributed by atoms with van der Waals surface area (Å²) < 4.78 is 0. The van der Waals surface area contributed by atoms with Crippen molar-refractivity contribution in [2.75, 3.05) is 0 Å². The number of hydrogen-bond donors (Lipinski definition) is 0. The van der Waals surface area contributed by atoms with E-state index < -0.39 is 0 Å². The lowest BCUT2D eigenvalue weighted by Gasteiger charge is -1.92. The molecule has 0 radical (unpaired) electrons. The van der Waals surface area contributed by atoms with Crippen LogP contribution in [-0.2, 0) is 0 Å². The van der Waals surface area contributed by atoms with Gasteiger partial charge in [0.25, 0.3) is 0 Å². The van der Waals surface area contributed by atoms with Gasteiger partial charge in [-0.15, -0.1) is 11.8 Å². The van der Waals surface area contributed by atoms with E-state index in [0.29, 0.717) is 11.8 Å². The van der Waals surface area contributed by atoms with E-state index in [9.17, 15) is 0 Å². The van der Waals surface area contributed by atoms with Crippen LogP contribution in [0.3, 0.4) is 0 Å². The fourth-order valence-corrected chi connectivity index (χ4v) is 1.54.